The molecule has 0 spiro atoms. The molecule has 206 valence electrons. The molecule has 6 atom stereocenters. The second kappa shape index (κ2) is 11.6. The van der Waals surface area contributed by atoms with E-state index >= 15 is 0 Å². The Morgan fingerprint density at radius 2 is 1.18 bits per heavy atom. The predicted molar refractivity (Wildman–Crippen MR) is 154 cm³/mol. The van der Waals surface area contributed by atoms with Gasteiger partial charge >= 0.3 is 11.9 Å². The minimum Gasteiger partial charge on any atom is -0.478 e. The Morgan fingerprint density at radius 1 is 0.684 bits per heavy atom. The quantitative estimate of drug-likeness (QED) is 0.383. The molecule has 2 aromatic rings. The second-order valence-electron chi connectivity index (χ2n) is 13.0. The average Bonchev–Trinajstić information content (AvgIpc) is 2.87. The lowest BCUT2D eigenvalue weighted by Gasteiger charge is -2.44. The maximum atomic E-state index is 12.8. The van der Waals surface area contributed by atoms with E-state index in [2.05, 4.69) is 41.5 Å². The number of benzene rings is 2. The Morgan fingerprint density at radius 3 is 1.63 bits per heavy atom. The van der Waals surface area contributed by atoms with Crippen LogP contribution in [0.1, 0.15) is 124 Å². The molecule has 2 fully saturated rings. The normalized spacial score (nSPS) is 28.0. The van der Waals surface area contributed by atoms with Gasteiger partial charge in [-0.2, -0.15) is 0 Å². The van der Waals surface area contributed by atoms with Gasteiger partial charge in [0.15, 0.2) is 0 Å². The van der Waals surface area contributed by atoms with Crippen molar-refractivity contribution in [3.8, 4) is 11.1 Å². The number of hydrogen-bond donors (Lipinski definition) is 2. The van der Waals surface area contributed by atoms with Gasteiger partial charge < -0.3 is 10.2 Å². The van der Waals surface area contributed by atoms with Crippen LogP contribution in [-0.4, -0.2) is 22.2 Å². The van der Waals surface area contributed by atoms with Gasteiger partial charge in [-0.15, -0.1) is 0 Å². The van der Waals surface area contributed by atoms with Gasteiger partial charge in [-0.25, -0.2) is 9.59 Å². The summed E-state index contributed by atoms with van der Waals surface area (Å²) in [7, 11) is 0. The van der Waals surface area contributed by atoms with E-state index in [-0.39, 0.29) is 17.4 Å². The molecule has 0 radical (unpaired) electrons. The van der Waals surface area contributed by atoms with Crippen molar-refractivity contribution in [1.29, 1.82) is 0 Å². The molecule has 4 rings (SSSR count). The van der Waals surface area contributed by atoms with E-state index in [4.69, 9.17) is 0 Å². The number of aromatic carboxylic acids is 2. The largest absolute Gasteiger partial charge is 0.478 e. The van der Waals surface area contributed by atoms with Crippen LogP contribution in [0.2, 0.25) is 0 Å². The highest BCUT2D eigenvalue weighted by molar-refractivity contribution is 5.92. The smallest absolute Gasteiger partial charge is 0.335 e. The standard InChI is InChI=1S/C34H46O4/c1-19(2)25-13-7-21(5)17-29(25)31-27(23-9-11-24(12-10-23)33(35)36)15-16-28(34(37)38)32(31)30-18-22(6)8-14-26(30)20(3)4/h9-12,15-16,19-22,25-26,29-30H,7-8,13-14,17-18H2,1-6H3,(H,35,36)(H,37,38)/t21-,22-,25+,26+,29-,30-/m1/s1. The van der Waals surface area contributed by atoms with Gasteiger partial charge in [0.05, 0.1) is 11.1 Å². The summed E-state index contributed by atoms with van der Waals surface area (Å²) < 4.78 is 0. The average molecular weight is 519 g/mol. The molecule has 0 bridgehead atoms. The van der Waals surface area contributed by atoms with Crippen LogP contribution in [0.5, 0.6) is 0 Å². The van der Waals surface area contributed by atoms with Gasteiger partial charge in [0.2, 0.25) is 0 Å². The van der Waals surface area contributed by atoms with Crippen LogP contribution in [0, 0.1) is 35.5 Å². The molecule has 0 unspecified atom stereocenters. The van der Waals surface area contributed by atoms with Crippen LogP contribution in [-0.2, 0) is 0 Å². The molecule has 0 saturated heterocycles. The monoisotopic (exact) mass is 518 g/mol. The minimum atomic E-state index is -0.935. The fourth-order valence-electron chi connectivity index (χ4n) is 7.73. The molecule has 2 N–H and O–H groups in total. The van der Waals surface area contributed by atoms with Crippen LogP contribution < -0.4 is 0 Å². The van der Waals surface area contributed by atoms with Crippen LogP contribution in [0.3, 0.4) is 0 Å². The van der Waals surface area contributed by atoms with Crippen molar-refractivity contribution >= 4 is 11.9 Å². The third kappa shape index (κ3) is 5.70. The minimum absolute atomic E-state index is 0.211. The maximum Gasteiger partial charge on any atom is 0.335 e. The molecule has 0 aromatic heterocycles. The lowest BCUT2D eigenvalue weighted by atomic mass is 9.61. The zero-order valence-electron chi connectivity index (χ0n) is 24.0. The molecule has 4 nitrogen and oxygen atoms in total. The SMILES string of the molecule is CC(C)[C@@H]1CC[C@@H](C)C[C@H]1c1c(C(=O)O)ccc(-c2ccc(C(=O)O)cc2)c1[C@@H]1C[C@H](C)CC[C@H]1C(C)C. The summed E-state index contributed by atoms with van der Waals surface area (Å²) in [4.78, 5) is 24.4. The van der Waals surface area contributed by atoms with E-state index in [1.165, 1.54) is 18.4 Å². The molecular formula is C34H46O4. The molecule has 0 heterocycles. The first-order valence-corrected chi connectivity index (χ1v) is 14.7. The first kappa shape index (κ1) is 28.4. The lowest BCUT2D eigenvalue weighted by molar-refractivity contribution is 0.0683. The van der Waals surface area contributed by atoms with Gasteiger partial charge in [0.1, 0.15) is 0 Å². The van der Waals surface area contributed by atoms with Crippen LogP contribution in [0.25, 0.3) is 11.1 Å². The molecule has 2 saturated carbocycles. The highest BCUT2D eigenvalue weighted by Gasteiger charge is 2.41. The number of rotatable bonds is 7. The lowest BCUT2D eigenvalue weighted by Crippen LogP contribution is -2.32. The number of hydrogen-bond acceptors (Lipinski definition) is 2. The van der Waals surface area contributed by atoms with Crippen molar-refractivity contribution in [2.24, 2.45) is 35.5 Å². The van der Waals surface area contributed by atoms with Crippen LogP contribution in [0.4, 0.5) is 0 Å². The molecule has 0 amide bonds. The van der Waals surface area contributed by atoms with Crippen molar-refractivity contribution in [1.82, 2.24) is 0 Å². The van der Waals surface area contributed by atoms with E-state index in [9.17, 15) is 19.8 Å². The van der Waals surface area contributed by atoms with Gasteiger partial charge in [-0.1, -0.05) is 72.6 Å². The molecule has 2 aliphatic rings. The van der Waals surface area contributed by atoms with E-state index in [1.807, 2.05) is 24.3 Å². The number of carbonyl (C=O) groups is 2. The summed E-state index contributed by atoms with van der Waals surface area (Å²) in [5.74, 6) is 1.80. The maximum absolute atomic E-state index is 12.8. The second-order valence-corrected chi connectivity index (χ2v) is 13.0. The highest BCUT2D eigenvalue weighted by atomic mass is 16.4. The van der Waals surface area contributed by atoms with Crippen LogP contribution in [0.15, 0.2) is 36.4 Å². The van der Waals surface area contributed by atoms with E-state index in [1.54, 1.807) is 12.1 Å². The van der Waals surface area contributed by atoms with Gasteiger partial charge in [0.25, 0.3) is 0 Å². The number of carboxylic acid groups (broad SMARTS) is 2. The zero-order chi connectivity index (χ0) is 27.7. The third-order valence-electron chi connectivity index (χ3n) is 9.75. The molecule has 0 aliphatic heterocycles. The summed E-state index contributed by atoms with van der Waals surface area (Å²) in [5, 5.41) is 20.0. The van der Waals surface area contributed by atoms with Gasteiger partial charge in [0, 0.05) is 0 Å². The van der Waals surface area contributed by atoms with E-state index < -0.39 is 11.9 Å². The Kier molecular flexibility index (Phi) is 8.69. The highest BCUT2D eigenvalue weighted by Crippen LogP contribution is 2.53. The Balaban J connectivity index is 2.04. The molecular weight excluding hydrogens is 472 g/mol. The summed E-state index contributed by atoms with van der Waals surface area (Å²) in [6.07, 6.45) is 6.79. The Hall–Kier alpha value is -2.62. The molecule has 38 heavy (non-hydrogen) atoms. The summed E-state index contributed by atoms with van der Waals surface area (Å²) >= 11 is 0. The van der Waals surface area contributed by atoms with Gasteiger partial charge in [-0.05, 0) is 113 Å². The summed E-state index contributed by atoms with van der Waals surface area (Å²) in [6, 6.07) is 11.0. The summed E-state index contributed by atoms with van der Waals surface area (Å²) in [5.41, 5.74) is 5.12. The third-order valence-corrected chi connectivity index (χ3v) is 9.75. The fraction of sp³-hybridized carbons (Fsp3) is 0.588. The molecule has 2 aliphatic carbocycles. The first-order chi connectivity index (χ1) is 18.0. The van der Waals surface area contributed by atoms with E-state index in [0.717, 1.165) is 42.4 Å². The van der Waals surface area contributed by atoms with Crippen molar-refractivity contribution in [3.63, 3.8) is 0 Å². The Bertz CT molecular complexity index is 1150. The molecule has 2 aromatic carbocycles. The Labute approximate surface area is 228 Å². The van der Waals surface area contributed by atoms with Crippen molar-refractivity contribution in [3.05, 3.63) is 58.7 Å². The topological polar surface area (TPSA) is 74.6 Å². The van der Waals surface area contributed by atoms with Gasteiger partial charge in [-0.3, -0.25) is 0 Å². The fourth-order valence-corrected chi connectivity index (χ4v) is 7.73. The zero-order valence-corrected chi connectivity index (χ0v) is 24.0. The van der Waals surface area contributed by atoms with Crippen molar-refractivity contribution in [2.75, 3.05) is 0 Å². The molecule has 4 heteroatoms. The van der Waals surface area contributed by atoms with E-state index in [0.29, 0.717) is 41.1 Å². The summed E-state index contributed by atoms with van der Waals surface area (Å²) in [6.45, 7) is 13.9. The van der Waals surface area contributed by atoms with Crippen LogP contribution >= 0.6 is 0 Å². The van der Waals surface area contributed by atoms with Crippen molar-refractivity contribution < 1.29 is 19.8 Å². The number of carboxylic acids is 2. The van der Waals surface area contributed by atoms with Crippen molar-refractivity contribution in [2.45, 2.75) is 91.9 Å². The first-order valence-electron chi connectivity index (χ1n) is 14.7. The predicted octanol–water partition coefficient (Wildman–Crippen LogP) is 9.10.